The van der Waals surface area contributed by atoms with E-state index in [1.54, 1.807) is 0 Å². The Balaban J connectivity index is 1.50. The van der Waals surface area contributed by atoms with Crippen LogP contribution in [0.3, 0.4) is 0 Å². The zero-order chi connectivity index (χ0) is 19.2. The summed E-state index contributed by atoms with van der Waals surface area (Å²) >= 11 is 0. The van der Waals surface area contributed by atoms with E-state index in [0.29, 0.717) is 39.2 Å². The SMILES string of the molecule is CCCCOC(C)C(=O)N1CCN(C(=O)Cc2c[nH]c3ccccc23)CC1. The lowest BCUT2D eigenvalue weighted by Gasteiger charge is -2.36. The number of fused-ring (bicyclic) bond motifs is 1. The molecular weight excluding hydrogens is 342 g/mol. The molecule has 1 aromatic carbocycles. The van der Waals surface area contributed by atoms with E-state index >= 15 is 0 Å². The Labute approximate surface area is 160 Å². The summed E-state index contributed by atoms with van der Waals surface area (Å²) in [6.07, 6.45) is 3.91. The normalized spacial score (nSPS) is 15.9. The van der Waals surface area contributed by atoms with Gasteiger partial charge in [0.25, 0.3) is 5.91 Å². The van der Waals surface area contributed by atoms with Crippen LogP contribution >= 0.6 is 0 Å². The molecule has 3 rings (SSSR count). The van der Waals surface area contributed by atoms with Crippen molar-refractivity contribution in [2.24, 2.45) is 0 Å². The van der Waals surface area contributed by atoms with Crippen LogP contribution in [-0.2, 0) is 20.7 Å². The van der Waals surface area contributed by atoms with E-state index in [1.165, 1.54) is 0 Å². The number of hydrogen-bond donors (Lipinski definition) is 1. The van der Waals surface area contributed by atoms with Crippen molar-refractivity contribution in [2.45, 2.75) is 39.2 Å². The first-order chi connectivity index (χ1) is 13.1. The molecule has 0 aliphatic carbocycles. The summed E-state index contributed by atoms with van der Waals surface area (Å²) in [6, 6.07) is 8.01. The first-order valence-corrected chi connectivity index (χ1v) is 9.83. The number of carbonyl (C=O) groups excluding carboxylic acids is 2. The third-order valence-corrected chi connectivity index (χ3v) is 5.17. The predicted octanol–water partition coefficient (Wildman–Crippen LogP) is 2.59. The molecule has 2 aromatic rings. The van der Waals surface area contributed by atoms with Crippen LogP contribution in [0.25, 0.3) is 10.9 Å². The summed E-state index contributed by atoms with van der Waals surface area (Å²) in [4.78, 5) is 32.0. The van der Waals surface area contributed by atoms with Crippen LogP contribution in [0, 0.1) is 0 Å². The smallest absolute Gasteiger partial charge is 0.251 e. The molecule has 1 aliphatic rings. The molecule has 1 atom stereocenters. The van der Waals surface area contributed by atoms with Crippen molar-refractivity contribution in [1.29, 1.82) is 0 Å². The summed E-state index contributed by atoms with van der Waals surface area (Å²) in [5.74, 6) is 0.133. The van der Waals surface area contributed by atoms with E-state index in [0.717, 1.165) is 29.3 Å². The van der Waals surface area contributed by atoms with Gasteiger partial charge in [-0.05, 0) is 25.0 Å². The van der Waals surface area contributed by atoms with Crippen LogP contribution in [0.4, 0.5) is 0 Å². The standard InChI is InChI=1S/C21H29N3O3/c1-3-4-13-27-16(2)21(26)24-11-9-23(10-12-24)20(25)14-17-15-22-19-8-6-5-7-18(17)19/h5-8,15-16,22H,3-4,9-14H2,1-2H3. The number of aromatic amines is 1. The number of amides is 2. The maximum absolute atomic E-state index is 12.7. The third-order valence-electron chi connectivity index (χ3n) is 5.17. The lowest BCUT2D eigenvalue weighted by atomic mass is 10.1. The van der Waals surface area contributed by atoms with Crippen LogP contribution in [0.15, 0.2) is 30.5 Å². The lowest BCUT2D eigenvalue weighted by Crippen LogP contribution is -2.53. The summed E-state index contributed by atoms with van der Waals surface area (Å²) in [6.45, 7) is 6.82. The molecular formula is C21H29N3O3. The van der Waals surface area contributed by atoms with Gasteiger partial charge in [-0.15, -0.1) is 0 Å². The Kier molecular flexibility index (Phi) is 6.50. The molecule has 1 aromatic heterocycles. The van der Waals surface area contributed by atoms with Gasteiger partial charge in [-0.1, -0.05) is 31.5 Å². The van der Waals surface area contributed by atoms with Gasteiger partial charge in [-0.3, -0.25) is 9.59 Å². The largest absolute Gasteiger partial charge is 0.369 e. The Morgan fingerprint density at radius 3 is 2.59 bits per heavy atom. The molecule has 1 unspecified atom stereocenters. The van der Waals surface area contributed by atoms with Crippen molar-refractivity contribution in [3.05, 3.63) is 36.0 Å². The quantitative estimate of drug-likeness (QED) is 0.761. The van der Waals surface area contributed by atoms with E-state index in [-0.39, 0.29) is 11.8 Å². The fourth-order valence-corrected chi connectivity index (χ4v) is 3.46. The summed E-state index contributed by atoms with van der Waals surface area (Å²) in [5.41, 5.74) is 2.07. The number of hydrogen-bond acceptors (Lipinski definition) is 3. The number of rotatable bonds is 7. The van der Waals surface area contributed by atoms with Gasteiger partial charge >= 0.3 is 0 Å². The fourth-order valence-electron chi connectivity index (χ4n) is 3.46. The molecule has 1 aliphatic heterocycles. The first-order valence-electron chi connectivity index (χ1n) is 9.83. The summed E-state index contributed by atoms with van der Waals surface area (Å²) in [7, 11) is 0. The number of carbonyl (C=O) groups is 2. The Morgan fingerprint density at radius 1 is 1.15 bits per heavy atom. The van der Waals surface area contributed by atoms with Gasteiger partial charge in [-0.25, -0.2) is 0 Å². The first kappa shape index (κ1) is 19.4. The maximum Gasteiger partial charge on any atom is 0.251 e. The number of nitrogens with one attached hydrogen (secondary N) is 1. The van der Waals surface area contributed by atoms with Crippen molar-refractivity contribution >= 4 is 22.7 Å². The fraction of sp³-hybridized carbons (Fsp3) is 0.524. The Morgan fingerprint density at radius 2 is 1.85 bits per heavy atom. The average Bonchev–Trinajstić information content (AvgIpc) is 3.10. The number of H-pyrrole nitrogens is 1. The van der Waals surface area contributed by atoms with Crippen molar-refractivity contribution in [3.8, 4) is 0 Å². The molecule has 27 heavy (non-hydrogen) atoms. The van der Waals surface area contributed by atoms with Crippen LogP contribution in [0.2, 0.25) is 0 Å². The number of nitrogens with zero attached hydrogens (tertiary/aromatic N) is 2. The Bertz CT molecular complexity index is 778. The highest BCUT2D eigenvalue weighted by Gasteiger charge is 2.27. The number of ether oxygens (including phenoxy) is 1. The van der Waals surface area contributed by atoms with Crippen molar-refractivity contribution in [1.82, 2.24) is 14.8 Å². The molecule has 0 bridgehead atoms. The average molecular weight is 371 g/mol. The second kappa shape index (κ2) is 9.04. The van der Waals surface area contributed by atoms with Gasteiger partial charge in [0.2, 0.25) is 5.91 Å². The number of benzene rings is 1. The number of piperazine rings is 1. The molecule has 2 amide bonds. The van der Waals surface area contributed by atoms with E-state index in [1.807, 2.05) is 47.2 Å². The van der Waals surface area contributed by atoms with Crippen LogP contribution in [0.1, 0.15) is 32.3 Å². The molecule has 0 saturated carbocycles. The minimum atomic E-state index is -0.412. The van der Waals surface area contributed by atoms with Crippen molar-refractivity contribution in [2.75, 3.05) is 32.8 Å². The zero-order valence-electron chi connectivity index (χ0n) is 16.2. The van der Waals surface area contributed by atoms with Crippen molar-refractivity contribution < 1.29 is 14.3 Å². The van der Waals surface area contributed by atoms with E-state index in [2.05, 4.69) is 11.9 Å². The molecule has 2 heterocycles. The van der Waals surface area contributed by atoms with Crippen LogP contribution in [0.5, 0.6) is 0 Å². The van der Waals surface area contributed by atoms with Crippen molar-refractivity contribution in [3.63, 3.8) is 0 Å². The highest BCUT2D eigenvalue weighted by atomic mass is 16.5. The molecule has 0 radical (unpaired) electrons. The van der Waals surface area contributed by atoms with Gasteiger partial charge in [0.15, 0.2) is 0 Å². The molecule has 1 saturated heterocycles. The number of aromatic nitrogens is 1. The van der Waals surface area contributed by atoms with E-state index in [9.17, 15) is 9.59 Å². The molecule has 0 spiro atoms. The van der Waals surface area contributed by atoms with Gasteiger partial charge in [0.1, 0.15) is 6.10 Å². The topological polar surface area (TPSA) is 65.6 Å². The van der Waals surface area contributed by atoms with Gasteiger partial charge in [0.05, 0.1) is 6.42 Å². The second-order valence-corrected chi connectivity index (χ2v) is 7.11. The van der Waals surface area contributed by atoms with Crippen LogP contribution < -0.4 is 0 Å². The molecule has 1 N–H and O–H groups in total. The highest BCUT2D eigenvalue weighted by Crippen LogP contribution is 2.19. The maximum atomic E-state index is 12.7. The number of para-hydroxylation sites is 1. The minimum absolute atomic E-state index is 0.0230. The zero-order valence-corrected chi connectivity index (χ0v) is 16.2. The lowest BCUT2D eigenvalue weighted by molar-refractivity contribution is -0.147. The molecule has 6 heteroatoms. The monoisotopic (exact) mass is 371 g/mol. The summed E-state index contributed by atoms with van der Waals surface area (Å²) < 4.78 is 5.61. The minimum Gasteiger partial charge on any atom is -0.369 e. The molecule has 146 valence electrons. The van der Waals surface area contributed by atoms with Gasteiger partial charge in [0, 0.05) is 49.9 Å². The molecule has 6 nitrogen and oxygen atoms in total. The second-order valence-electron chi connectivity index (χ2n) is 7.11. The van der Waals surface area contributed by atoms with E-state index < -0.39 is 6.10 Å². The van der Waals surface area contributed by atoms with E-state index in [4.69, 9.17) is 4.74 Å². The van der Waals surface area contributed by atoms with Gasteiger partial charge in [-0.2, -0.15) is 0 Å². The van der Waals surface area contributed by atoms with Crippen LogP contribution in [-0.4, -0.2) is 65.5 Å². The summed E-state index contributed by atoms with van der Waals surface area (Å²) in [5, 5.41) is 1.10. The molecule has 1 fully saturated rings. The number of unbranched alkanes of at least 4 members (excludes halogenated alkanes) is 1. The highest BCUT2D eigenvalue weighted by molar-refractivity contribution is 5.89. The van der Waals surface area contributed by atoms with Gasteiger partial charge < -0.3 is 19.5 Å². The Hall–Kier alpha value is -2.34. The predicted molar refractivity (Wildman–Crippen MR) is 105 cm³/mol. The third kappa shape index (κ3) is 4.69.